The topological polar surface area (TPSA) is 59.5 Å². The van der Waals surface area contributed by atoms with Crippen molar-refractivity contribution in [1.29, 1.82) is 5.26 Å². The van der Waals surface area contributed by atoms with Crippen LogP contribution in [-0.2, 0) is 0 Å². The number of hydrogen-bond donors (Lipinski definition) is 0. The van der Waals surface area contributed by atoms with Gasteiger partial charge < -0.3 is 19.1 Å². The van der Waals surface area contributed by atoms with E-state index >= 15 is 0 Å². The van der Waals surface area contributed by atoms with E-state index in [0.717, 1.165) is 60.6 Å². The maximum atomic E-state index is 10.1. The monoisotopic (exact) mass is 417 g/mol. The van der Waals surface area contributed by atoms with Crippen molar-refractivity contribution in [3.63, 3.8) is 0 Å². The Labute approximate surface area is 184 Å². The fraction of sp³-hybridized carbons (Fsp3) is 0.440. The molecule has 1 saturated heterocycles. The van der Waals surface area contributed by atoms with Crippen LogP contribution in [0.25, 0.3) is 22.2 Å². The Morgan fingerprint density at radius 2 is 1.90 bits per heavy atom. The third-order valence-corrected chi connectivity index (χ3v) is 6.47. The van der Waals surface area contributed by atoms with E-state index in [1.54, 1.807) is 0 Å². The van der Waals surface area contributed by atoms with E-state index < -0.39 is 0 Å². The Bertz CT molecular complexity index is 1110. The van der Waals surface area contributed by atoms with Gasteiger partial charge in [0.25, 0.3) is 6.01 Å². The first-order valence-corrected chi connectivity index (χ1v) is 11.1. The first kappa shape index (κ1) is 21.2. The van der Waals surface area contributed by atoms with Crippen LogP contribution in [0.1, 0.15) is 31.4 Å². The van der Waals surface area contributed by atoms with E-state index in [9.17, 15) is 5.26 Å². The van der Waals surface area contributed by atoms with Crippen LogP contribution in [0.2, 0.25) is 0 Å². The molecule has 1 aliphatic heterocycles. The predicted octanol–water partition coefficient (Wildman–Crippen LogP) is 4.66. The van der Waals surface area contributed by atoms with Gasteiger partial charge in [0.15, 0.2) is 5.58 Å². The Morgan fingerprint density at radius 3 is 2.48 bits per heavy atom. The van der Waals surface area contributed by atoms with Crippen molar-refractivity contribution in [1.82, 2.24) is 9.88 Å². The van der Waals surface area contributed by atoms with E-state index in [2.05, 4.69) is 60.8 Å². The van der Waals surface area contributed by atoms with Crippen LogP contribution in [0, 0.1) is 18.3 Å². The molecule has 6 heteroatoms. The molecule has 31 heavy (non-hydrogen) atoms. The summed E-state index contributed by atoms with van der Waals surface area (Å²) in [5.41, 5.74) is 6.20. The molecule has 6 nitrogen and oxygen atoms in total. The summed E-state index contributed by atoms with van der Waals surface area (Å²) in [7, 11) is 4.28. The maximum Gasteiger partial charge on any atom is 0.298 e. The van der Waals surface area contributed by atoms with Gasteiger partial charge in [-0.2, -0.15) is 10.2 Å². The predicted molar refractivity (Wildman–Crippen MR) is 127 cm³/mol. The molecular weight excluding hydrogens is 386 g/mol. The lowest BCUT2D eigenvalue weighted by atomic mass is 9.93. The molecule has 1 aliphatic rings. The van der Waals surface area contributed by atoms with E-state index in [1.807, 2.05) is 25.1 Å². The van der Waals surface area contributed by atoms with Crippen molar-refractivity contribution in [3.05, 3.63) is 41.5 Å². The smallest absolute Gasteiger partial charge is 0.298 e. The van der Waals surface area contributed by atoms with Gasteiger partial charge >= 0.3 is 0 Å². The zero-order valence-electron chi connectivity index (χ0n) is 19.1. The second-order valence-electron chi connectivity index (χ2n) is 8.40. The number of hydrogen-bond acceptors (Lipinski definition) is 6. The number of likely N-dealkylation sites (N-methyl/N-ethyl adjacent to an activating group) is 1. The summed E-state index contributed by atoms with van der Waals surface area (Å²) < 4.78 is 6.42. The molecule has 0 saturated carbocycles. The second kappa shape index (κ2) is 8.60. The Kier molecular flexibility index (Phi) is 5.88. The van der Waals surface area contributed by atoms with Gasteiger partial charge in [-0.3, -0.25) is 0 Å². The zero-order chi connectivity index (χ0) is 22.1. The van der Waals surface area contributed by atoms with Gasteiger partial charge in [-0.1, -0.05) is 30.3 Å². The highest BCUT2D eigenvalue weighted by Gasteiger charge is 2.32. The molecule has 0 bridgehead atoms. The van der Waals surface area contributed by atoms with Gasteiger partial charge in [0.05, 0.1) is 11.3 Å². The molecule has 4 rings (SSSR count). The molecule has 0 amide bonds. The van der Waals surface area contributed by atoms with Crippen molar-refractivity contribution < 1.29 is 4.42 Å². The summed E-state index contributed by atoms with van der Waals surface area (Å²) >= 11 is 0. The van der Waals surface area contributed by atoms with Gasteiger partial charge in [-0.05, 0) is 52.4 Å². The van der Waals surface area contributed by atoms with Crippen LogP contribution in [0.15, 0.2) is 34.7 Å². The highest BCUT2D eigenvalue weighted by molar-refractivity contribution is 6.02. The molecular formula is C25H31N5O. The first-order chi connectivity index (χ1) is 15.0. The minimum absolute atomic E-state index is 0.486. The molecule has 0 aliphatic carbocycles. The number of oxazole rings is 1. The minimum Gasteiger partial charge on any atom is -0.421 e. The lowest BCUT2D eigenvalue weighted by Crippen LogP contribution is -2.31. The summed E-state index contributed by atoms with van der Waals surface area (Å²) in [6.07, 6.45) is 1.10. The highest BCUT2D eigenvalue weighted by atomic mass is 16.4. The van der Waals surface area contributed by atoms with Crippen molar-refractivity contribution in [3.8, 4) is 17.2 Å². The van der Waals surface area contributed by atoms with Crippen LogP contribution < -0.4 is 9.80 Å². The lowest BCUT2D eigenvalue weighted by Gasteiger charge is -2.25. The molecule has 0 spiro atoms. The molecule has 1 aromatic heterocycles. The minimum atomic E-state index is 0.486. The average molecular weight is 418 g/mol. The van der Waals surface area contributed by atoms with E-state index in [1.165, 1.54) is 0 Å². The summed E-state index contributed by atoms with van der Waals surface area (Å²) in [6, 6.07) is 13.8. The number of nitrogens with zero attached hydrogens (tertiary/aromatic N) is 5. The molecule has 1 fully saturated rings. The summed E-state index contributed by atoms with van der Waals surface area (Å²) in [5, 5.41) is 10.1. The number of fused-ring (bicyclic) bond motifs is 1. The third kappa shape index (κ3) is 3.64. The highest BCUT2D eigenvalue weighted by Crippen LogP contribution is 2.44. The van der Waals surface area contributed by atoms with Crippen molar-refractivity contribution in [2.75, 3.05) is 50.1 Å². The average Bonchev–Trinajstić information content (AvgIpc) is 3.42. The van der Waals surface area contributed by atoms with E-state index in [0.29, 0.717) is 23.1 Å². The molecule has 0 radical (unpaired) electrons. The molecule has 2 aromatic carbocycles. The third-order valence-electron chi connectivity index (χ3n) is 6.47. The molecule has 0 N–H and O–H groups in total. The summed E-state index contributed by atoms with van der Waals surface area (Å²) in [4.78, 5) is 11.6. The Balaban J connectivity index is 2.02. The molecule has 0 unspecified atom stereocenters. The van der Waals surface area contributed by atoms with Gasteiger partial charge in [-0.25, -0.2) is 0 Å². The Morgan fingerprint density at radius 1 is 1.19 bits per heavy atom. The SMILES string of the molecule is CCN(CC)c1nc2c(C#N)c(C)c(-c3ccccc3)c(N3CC[C@H](N(C)C)C3)c2o1. The van der Waals surface area contributed by atoms with Crippen LogP contribution in [0.5, 0.6) is 0 Å². The first-order valence-electron chi connectivity index (χ1n) is 11.1. The standard InChI is InChI=1S/C25H31N5O/c1-6-29(7-2)25-27-22-20(15-26)17(3)21(18-11-9-8-10-12-18)23(24(22)31-25)30-14-13-19(16-30)28(4)5/h8-12,19H,6-7,13-14,16H2,1-5H3/t19-/m0/s1. The van der Waals surface area contributed by atoms with Crippen molar-refractivity contribution >= 4 is 22.8 Å². The fourth-order valence-electron chi connectivity index (χ4n) is 4.62. The van der Waals surface area contributed by atoms with Gasteiger partial charge in [0.2, 0.25) is 0 Å². The number of rotatable bonds is 6. The van der Waals surface area contributed by atoms with Crippen LogP contribution in [-0.4, -0.2) is 56.2 Å². The van der Waals surface area contributed by atoms with Crippen LogP contribution in [0.3, 0.4) is 0 Å². The van der Waals surface area contributed by atoms with Gasteiger partial charge in [0.1, 0.15) is 11.6 Å². The van der Waals surface area contributed by atoms with E-state index in [-0.39, 0.29) is 0 Å². The normalized spacial score (nSPS) is 16.3. The molecule has 1 atom stereocenters. The largest absolute Gasteiger partial charge is 0.421 e. The van der Waals surface area contributed by atoms with Crippen molar-refractivity contribution in [2.24, 2.45) is 0 Å². The van der Waals surface area contributed by atoms with Crippen LogP contribution >= 0.6 is 0 Å². The zero-order valence-corrected chi connectivity index (χ0v) is 19.1. The number of aromatic nitrogens is 1. The molecule has 2 heterocycles. The van der Waals surface area contributed by atoms with Crippen LogP contribution in [0.4, 0.5) is 11.7 Å². The van der Waals surface area contributed by atoms with Gasteiger partial charge in [0, 0.05) is 37.8 Å². The number of benzene rings is 2. The quantitative estimate of drug-likeness (QED) is 0.581. The van der Waals surface area contributed by atoms with Gasteiger partial charge in [-0.15, -0.1) is 0 Å². The summed E-state index contributed by atoms with van der Waals surface area (Å²) in [5.74, 6) is 0. The van der Waals surface area contributed by atoms with E-state index in [4.69, 9.17) is 9.40 Å². The van der Waals surface area contributed by atoms with Crippen molar-refractivity contribution in [2.45, 2.75) is 33.2 Å². The number of anilines is 2. The fourth-order valence-corrected chi connectivity index (χ4v) is 4.62. The second-order valence-corrected chi connectivity index (χ2v) is 8.40. The maximum absolute atomic E-state index is 10.1. The molecule has 3 aromatic rings. The molecule has 162 valence electrons. The Hall–Kier alpha value is -3.04. The number of nitriles is 1. The lowest BCUT2D eigenvalue weighted by molar-refractivity contribution is 0.315. The summed E-state index contributed by atoms with van der Waals surface area (Å²) in [6.45, 7) is 9.70.